The zero-order valence-corrected chi connectivity index (χ0v) is 7.47. The molecular weight excluding hydrogens is 219 g/mol. The molecule has 0 aliphatic carbocycles. The van der Waals surface area contributed by atoms with Gasteiger partial charge in [-0.3, -0.25) is 0 Å². The van der Waals surface area contributed by atoms with Crippen molar-refractivity contribution in [2.24, 2.45) is 5.16 Å². The van der Waals surface area contributed by atoms with Crippen LogP contribution in [0.1, 0.15) is 5.56 Å². The number of oxime groups is 1. The van der Waals surface area contributed by atoms with Crippen LogP contribution in [0, 0.1) is 0 Å². The summed E-state index contributed by atoms with van der Waals surface area (Å²) in [4.78, 5) is 0. The third kappa shape index (κ3) is 2.38. The van der Waals surface area contributed by atoms with Crippen molar-refractivity contribution in [2.75, 3.05) is 0 Å². The second-order valence-corrected chi connectivity index (χ2v) is 2.89. The molecule has 0 radical (unpaired) electrons. The van der Waals surface area contributed by atoms with Gasteiger partial charge in [0.25, 0.3) is 0 Å². The zero-order valence-electron chi connectivity index (χ0n) is 6.72. The predicted octanol–water partition coefficient (Wildman–Crippen LogP) is 3.08. The van der Waals surface area contributed by atoms with Crippen molar-refractivity contribution in [3.63, 3.8) is 0 Å². The molecule has 0 aliphatic rings. The van der Waals surface area contributed by atoms with E-state index in [9.17, 15) is 13.2 Å². The van der Waals surface area contributed by atoms with Gasteiger partial charge >= 0.3 is 6.18 Å². The average Bonchev–Trinajstić information content (AvgIpc) is 2.02. The Labute approximate surface area is 82.6 Å². The molecule has 6 heteroatoms. The lowest BCUT2D eigenvalue weighted by Crippen LogP contribution is -2.23. The maximum Gasteiger partial charge on any atom is 0.437 e. The van der Waals surface area contributed by atoms with Crippen LogP contribution < -0.4 is 0 Å². The van der Waals surface area contributed by atoms with Crippen LogP contribution in [0.4, 0.5) is 13.2 Å². The molecule has 0 saturated carbocycles. The highest BCUT2D eigenvalue weighted by Crippen LogP contribution is 2.23. The van der Waals surface area contributed by atoms with Gasteiger partial charge in [-0.05, 0) is 12.1 Å². The van der Waals surface area contributed by atoms with Crippen molar-refractivity contribution >= 4 is 17.3 Å². The molecule has 0 aromatic heterocycles. The fraction of sp³-hybridized carbons (Fsp3) is 0.125. The van der Waals surface area contributed by atoms with Gasteiger partial charge in [0.1, 0.15) is 0 Å². The smallest absolute Gasteiger partial charge is 0.410 e. The number of hydrogen-bond acceptors (Lipinski definition) is 2. The quantitative estimate of drug-likeness (QED) is 0.443. The lowest BCUT2D eigenvalue weighted by molar-refractivity contribution is -0.0601. The molecule has 0 atom stereocenters. The molecule has 1 N–H and O–H groups in total. The molecule has 0 unspecified atom stereocenters. The van der Waals surface area contributed by atoms with Gasteiger partial charge in [-0.25, -0.2) is 0 Å². The van der Waals surface area contributed by atoms with E-state index in [2.05, 4.69) is 5.16 Å². The van der Waals surface area contributed by atoms with E-state index in [4.69, 9.17) is 16.8 Å². The number of hydrogen-bond donors (Lipinski definition) is 1. The van der Waals surface area contributed by atoms with Gasteiger partial charge in [0.05, 0.1) is 0 Å². The van der Waals surface area contributed by atoms with Crippen molar-refractivity contribution in [3.05, 3.63) is 34.9 Å². The molecule has 1 aromatic rings. The minimum Gasteiger partial charge on any atom is -0.410 e. The summed E-state index contributed by atoms with van der Waals surface area (Å²) in [5, 5.41) is 10.6. The lowest BCUT2D eigenvalue weighted by atomic mass is 10.1. The number of nitrogens with zero attached hydrogens (tertiary/aromatic N) is 1. The first kappa shape index (κ1) is 10.8. The molecule has 0 amide bonds. The minimum atomic E-state index is -4.70. The van der Waals surface area contributed by atoms with Gasteiger partial charge < -0.3 is 5.21 Å². The molecule has 0 spiro atoms. The number of alkyl halides is 3. The van der Waals surface area contributed by atoms with E-state index in [0.717, 1.165) is 12.1 Å². The Hall–Kier alpha value is -1.23. The van der Waals surface area contributed by atoms with Crippen LogP contribution in [0.25, 0.3) is 0 Å². The topological polar surface area (TPSA) is 32.6 Å². The van der Waals surface area contributed by atoms with Crippen molar-refractivity contribution < 1.29 is 18.4 Å². The number of halogens is 4. The van der Waals surface area contributed by atoms with E-state index in [1.54, 1.807) is 0 Å². The summed E-state index contributed by atoms with van der Waals surface area (Å²) in [6.45, 7) is 0. The van der Waals surface area contributed by atoms with Crippen LogP contribution in [-0.2, 0) is 0 Å². The first-order chi connectivity index (χ1) is 6.45. The second kappa shape index (κ2) is 3.88. The second-order valence-electron chi connectivity index (χ2n) is 2.46. The van der Waals surface area contributed by atoms with E-state index in [0.29, 0.717) is 0 Å². The monoisotopic (exact) mass is 223 g/mol. The zero-order chi connectivity index (χ0) is 10.8. The molecule has 2 nitrogen and oxygen atoms in total. The number of benzene rings is 1. The highest BCUT2D eigenvalue weighted by Gasteiger charge is 2.37. The summed E-state index contributed by atoms with van der Waals surface area (Å²) in [5.74, 6) is 0. The summed E-state index contributed by atoms with van der Waals surface area (Å²) >= 11 is 5.49. The Kier molecular flexibility index (Phi) is 3.00. The molecule has 0 heterocycles. The predicted molar refractivity (Wildman–Crippen MR) is 45.8 cm³/mol. The molecule has 0 bridgehead atoms. The normalized spacial score (nSPS) is 13.0. The summed E-state index contributed by atoms with van der Waals surface area (Å²) in [6.07, 6.45) is -4.70. The minimum absolute atomic E-state index is 0.146. The molecule has 76 valence electrons. The van der Waals surface area contributed by atoms with Crippen LogP contribution >= 0.6 is 11.6 Å². The Morgan fingerprint density at radius 1 is 1.36 bits per heavy atom. The van der Waals surface area contributed by atoms with Gasteiger partial charge in [0.2, 0.25) is 0 Å². The summed E-state index contributed by atoms with van der Waals surface area (Å²) in [6, 6.07) is 5.00. The summed E-state index contributed by atoms with van der Waals surface area (Å²) in [5.41, 5.74) is -1.63. The van der Waals surface area contributed by atoms with E-state index in [1.165, 1.54) is 12.1 Å². The van der Waals surface area contributed by atoms with Gasteiger partial charge in [-0.15, -0.1) is 0 Å². The summed E-state index contributed by atoms with van der Waals surface area (Å²) in [7, 11) is 0. The first-order valence-corrected chi connectivity index (χ1v) is 3.88. The van der Waals surface area contributed by atoms with Gasteiger partial charge in [-0.1, -0.05) is 28.9 Å². The van der Waals surface area contributed by atoms with Crippen molar-refractivity contribution in [2.45, 2.75) is 6.18 Å². The van der Waals surface area contributed by atoms with Crippen LogP contribution in [0.5, 0.6) is 0 Å². The molecular formula is C8H5ClF3NO. The fourth-order valence-corrected chi connectivity index (χ4v) is 1.10. The molecule has 14 heavy (non-hydrogen) atoms. The van der Waals surface area contributed by atoms with Crippen LogP contribution in [0.3, 0.4) is 0 Å². The van der Waals surface area contributed by atoms with Crippen molar-refractivity contribution in [1.82, 2.24) is 0 Å². The largest absolute Gasteiger partial charge is 0.437 e. The van der Waals surface area contributed by atoms with E-state index in [-0.39, 0.29) is 10.6 Å². The Morgan fingerprint density at radius 3 is 2.43 bits per heavy atom. The maximum atomic E-state index is 12.2. The Balaban J connectivity index is 3.16. The molecule has 1 aromatic carbocycles. The Bertz CT molecular complexity index is 362. The van der Waals surface area contributed by atoms with Crippen molar-refractivity contribution in [3.8, 4) is 0 Å². The van der Waals surface area contributed by atoms with Gasteiger partial charge in [0.15, 0.2) is 5.71 Å². The van der Waals surface area contributed by atoms with Crippen LogP contribution in [-0.4, -0.2) is 17.1 Å². The first-order valence-electron chi connectivity index (χ1n) is 3.50. The molecule has 0 aliphatic heterocycles. The van der Waals surface area contributed by atoms with E-state index in [1.807, 2.05) is 0 Å². The molecule has 0 saturated heterocycles. The van der Waals surface area contributed by atoms with Gasteiger partial charge in [-0.2, -0.15) is 13.2 Å². The third-order valence-electron chi connectivity index (χ3n) is 1.47. The van der Waals surface area contributed by atoms with E-state index < -0.39 is 11.9 Å². The SMILES string of the molecule is O/N=C(/c1cccc(Cl)c1)C(F)(F)F. The Morgan fingerprint density at radius 2 is 2.00 bits per heavy atom. The van der Waals surface area contributed by atoms with Gasteiger partial charge in [0, 0.05) is 10.6 Å². The maximum absolute atomic E-state index is 12.2. The van der Waals surface area contributed by atoms with Crippen LogP contribution in [0.2, 0.25) is 5.02 Å². The molecule has 1 rings (SSSR count). The third-order valence-corrected chi connectivity index (χ3v) is 1.70. The van der Waals surface area contributed by atoms with E-state index >= 15 is 0 Å². The highest BCUT2D eigenvalue weighted by atomic mass is 35.5. The van der Waals surface area contributed by atoms with Crippen molar-refractivity contribution in [1.29, 1.82) is 0 Å². The summed E-state index contributed by atoms with van der Waals surface area (Å²) < 4.78 is 36.6. The fourth-order valence-electron chi connectivity index (χ4n) is 0.914. The number of rotatable bonds is 1. The highest BCUT2D eigenvalue weighted by molar-refractivity contribution is 6.31. The standard InChI is InChI=1S/C8H5ClF3NO/c9-6-3-1-2-5(4-6)7(13-14)8(10,11)12/h1-4,14H/b13-7-. The molecule has 0 fully saturated rings. The van der Waals surface area contributed by atoms with Crippen LogP contribution in [0.15, 0.2) is 29.4 Å². The lowest BCUT2D eigenvalue weighted by Gasteiger charge is -2.08. The average molecular weight is 224 g/mol.